The minimum atomic E-state index is -0.224. The van der Waals surface area contributed by atoms with Crippen LogP contribution < -0.4 is 5.73 Å². The molecule has 2 nitrogen and oxygen atoms in total. The second kappa shape index (κ2) is 5.10. The molecule has 1 unspecified atom stereocenters. The van der Waals surface area contributed by atoms with Crippen LogP contribution in [-0.4, -0.2) is 11.0 Å². The Morgan fingerprint density at radius 1 is 1.10 bits per heavy atom. The van der Waals surface area contributed by atoms with Crippen LogP contribution in [0.4, 0.5) is 4.39 Å². The summed E-state index contributed by atoms with van der Waals surface area (Å²) in [6, 6.07) is 14.8. The van der Waals surface area contributed by atoms with Crippen LogP contribution in [0, 0.1) is 5.82 Å². The van der Waals surface area contributed by atoms with Crippen molar-refractivity contribution in [3.63, 3.8) is 0 Å². The second-order valence-electron chi connectivity index (χ2n) is 5.21. The minimum absolute atomic E-state index is 0.0772. The van der Waals surface area contributed by atoms with Gasteiger partial charge in [-0.25, -0.2) is 4.39 Å². The van der Waals surface area contributed by atoms with Crippen LogP contribution in [0.3, 0.4) is 0 Å². The molecule has 3 heteroatoms. The lowest BCUT2D eigenvalue weighted by atomic mass is 10.00. The molecule has 3 rings (SSSR count). The van der Waals surface area contributed by atoms with Crippen LogP contribution in [-0.2, 0) is 6.42 Å². The van der Waals surface area contributed by atoms with E-state index in [1.807, 2.05) is 25.1 Å². The second-order valence-corrected chi connectivity index (χ2v) is 5.21. The molecule has 1 aromatic heterocycles. The van der Waals surface area contributed by atoms with Gasteiger partial charge in [0.2, 0.25) is 0 Å². The number of hydrogen-bond acceptors (Lipinski definition) is 1. The Bertz CT molecular complexity index is 726. The molecule has 0 spiro atoms. The lowest BCUT2D eigenvalue weighted by Crippen LogP contribution is -2.18. The number of nitrogens with one attached hydrogen (secondary N) is 1. The van der Waals surface area contributed by atoms with Crippen LogP contribution in [0.15, 0.2) is 48.5 Å². The van der Waals surface area contributed by atoms with Crippen molar-refractivity contribution >= 4 is 10.9 Å². The Morgan fingerprint density at radius 3 is 2.50 bits per heavy atom. The number of nitrogens with two attached hydrogens (primary N) is 1. The summed E-state index contributed by atoms with van der Waals surface area (Å²) in [4.78, 5) is 3.43. The first-order valence-electron chi connectivity index (χ1n) is 6.76. The summed E-state index contributed by atoms with van der Waals surface area (Å²) in [5.74, 6) is -0.224. The summed E-state index contributed by atoms with van der Waals surface area (Å²) >= 11 is 0. The molecule has 0 amide bonds. The number of fused-ring (bicyclic) bond motifs is 1. The minimum Gasteiger partial charge on any atom is -0.354 e. The van der Waals surface area contributed by atoms with E-state index in [4.69, 9.17) is 5.73 Å². The Morgan fingerprint density at radius 2 is 1.80 bits per heavy atom. The number of H-pyrrole nitrogens is 1. The van der Waals surface area contributed by atoms with Crippen molar-refractivity contribution in [2.24, 2.45) is 5.73 Å². The van der Waals surface area contributed by atoms with Gasteiger partial charge in [-0.15, -0.1) is 0 Å². The van der Waals surface area contributed by atoms with Crippen molar-refractivity contribution in [2.45, 2.75) is 19.4 Å². The van der Waals surface area contributed by atoms with Crippen molar-refractivity contribution < 1.29 is 4.39 Å². The van der Waals surface area contributed by atoms with E-state index in [9.17, 15) is 4.39 Å². The number of aromatic nitrogens is 1. The molecule has 2 aromatic carbocycles. The lowest BCUT2D eigenvalue weighted by Gasteiger charge is -2.08. The molecule has 20 heavy (non-hydrogen) atoms. The van der Waals surface area contributed by atoms with E-state index < -0.39 is 0 Å². The lowest BCUT2D eigenvalue weighted by molar-refractivity contribution is 0.628. The number of benzene rings is 2. The van der Waals surface area contributed by atoms with Gasteiger partial charge in [-0.3, -0.25) is 0 Å². The van der Waals surface area contributed by atoms with Gasteiger partial charge in [0.1, 0.15) is 5.82 Å². The van der Waals surface area contributed by atoms with Crippen molar-refractivity contribution in [2.75, 3.05) is 0 Å². The zero-order valence-corrected chi connectivity index (χ0v) is 11.4. The number of aromatic amines is 1. The smallest absolute Gasteiger partial charge is 0.123 e. The van der Waals surface area contributed by atoms with Gasteiger partial charge in [-0.05, 0) is 54.8 Å². The van der Waals surface area contributed by atoms with Crippen molar-refractivity contribution in [3.05, 3.63) is 59.9 Å². The van der Waals surface area contributed by atoms with Crippen LogP contribution in [0.25, 0.3) is 22.2 Å². The highest BCUT2D eigenvalue weighted by Gasteiger charge is 2.14. The van der Waals surface area contributed by atoms with Crippen molar-refractivity contribution in [1.82, 2.24) is 4.98 Å². The van der Waals surface area contributed by atoms with Crippen LogP contribution in [0.2, 0.25) is 0 Å². The zero-order chi connectivity index (χ0) is 14.1. The Hall–Kier alpha value is -2.13. The van der Waals surface area contributed by atoms with Gasteiger partial charge in [-0.2, -0.15) is 0 Å². The molecule has 3 N–H and O–H groups in total. The third-order valence-electron chi connectivity index (χ3n) is 3.47. The third-order valence-corrected chi connectivity index (χ3v) is 3.47. The standard InChI is InChI=1S/C17H17FN2/c1-11(19)10-15-14-4-2-3-5-16(14)20-17(15)12-6-8-13(18)9-7-12/h2-9,11,20H,10,19H2,1H3. The van der Waals surface area contributed by atoms with Crippen LogP contribution in [0.1, 0.15) is 12.5 Å². The predicted octanol–water partition coefficient (Wildman–Crippen LogP) is 3.86. The Balaban J connectivity index is 2.20. The molecule has 0 aliphatic carbocycles. The van der Waals surface area contributed by atoms with E-state index in [0.29, 0.717) is 0 Å². The fourth-order valence-electron chi connectivity index (χ4n) is 2.60. The van der Waals surface area contributed by atoms with E-state index in [2.05, 4.69) is 11.1 Å². The van der Waals surface area contributed by atoms with Crippen LogP contribution >= 0.6 is 0 Å². The predicted molar refractivity (Wildman–Crippen MR) is 81.0 cm³/mol. The largest absolute Gasteiger partial charge is 0.354 e. The average molecular weight is 268 g/mol. The van der Waals surface area contributed by atoms with E-state index in [1.54, 1.807) is 12.1 Å². The fraction of sp³-hybridized carbons (Fsp3) is 0.176. The van der Waals surface area contributed by atoms with Crippen molar-refractivity contribution in [3.8, 4) is 11.3 Å². The maximum Gasteiger partial charge on any atom is 0.123 e. The van der Waals surface area contributed by atoms with Crippen molar-refractivity contribution in [1.29, 1.82) is 0 Å². The van der Waals surface area contributed by atoms with Gasteiger partial charge in [0, 0.05) is 22.6 Å². The van der Waals surface area contributed by atoms with E-state index in [0.717, 1.165) is 23.2 Å². The molecule has 0 saturated carbocycles. The maximum absolute atomic E-state index is 13.1. The van der Waals surface area contributed by atoms with Gasteiger partial charge in [0.15, 0.2) is 0 Å². The molecule has 0 saturated heterocycles. The quantitative estimate of drug-likeness (QED) is 0.744. The normalized spacial score (nSPS) is 12.8. The summed E-state index contributed by atoms with van der Waals surface area (Å²) in [6.07, 6.45) is 0.788. The molecule has 0 radical (unpaired) electrons. The van der Waals surface area contributed by atoms with E-state index in [1.165, 1.54) is 23.1 Å². The Kier molecular flexibility index (Phi) is 3.28. The average Bonchev–Trinajstić information content (AvgIpc) is 2.78. The first kappa shape index (κ1) is 12.9. The molecular weight excluding hydrogens is 251 g/mol. The topological polar surface area (TPSA) is 41.8 Å². The number of halogens is 1. The molecule has 3 aromatic rings. The van der Waals surface area contributed by atoms with Gasteiger partial charge < -0.3 is 10.7 Å². The van der Waals surface area contributed by atoms with E-state index in [-0.39, 0.29) is 11.9 Å². The van der Waals surface area contributed by atoms with Gasteiger partial charge in [0.05, 0.1) is 0 Å². The first-order valence-corrected chi connectivity index (χ1v) is 6.76. The first-order chi connectivity index (χ1) is 9.65. The van der Waals surface area contributed by atoms with Gasteiger partial charge >= 0.3 is 0 Å². The molecule has 0 bridgehead atoms. The number of rotatable bonds is 3. The highest BCUT2D eigenvalue weighted by Crippen LogP contribution is 2.31. The summed E-state index contributed by atoms with van der Waals surface area (Å²) in [5, 5.41) is 1.18. The molecule has 0 aliphatic heterocycles. The summed E-state index contributed by atoms with van der Waals surface area (Å²) < 4.78 is 13.1. The third kappa shape index (κ3) is 2.32. The highest BCUT2D eigenvalue weighted by molar-refractivity contribution is 5.90. The maximum atomic E-state index is 13.1. The van der Waals surface area contributed by atoms with E-state index >= 15 is 0 Å². The molecular formula is C17H17FN2. The Labute approximate surface area is 117 Å². The summed E-state index contributed by atoms with van der Waals surface area (Å²) in [7, 11) is 0. The number of para-hydroxylation sites is 1. The van der Waals surface area contributed by atoms with Gasteiger partial charge in [-0.1, -0.05) is 18.2 Å². The number of hydrogen-bond donors (Lipinski definition) is 2. The SMILES string of the molecule is CC(N)Cc1c(-c2ccc(F)cc2)[nH]c2ccccc12. The summed E-state index contributed by atoms with van der Waals surface area (Å²) in [6.45, 7) is 2.00. The van der Waals surface area contributed by atoms with Gasteiger partial charge in [0.25, 0.3) is 0 Å². The molecule has 0 aliphatic rings. The van der Waals surface area contributed by atoms with Crippen LogP contribution in [0.5, 0.6) is 0 Å². The zero-order valence-electron chi connectivity index (χ0n) is 11.4. The fourth-order valence-corrected chi connectivity index (χ4v) is 2.60. The monoisotopic (exact) mass is 268 g/mol. The molecule has 1 atom stereocenters. The molecule has 102 valence electrons. The summed E-state index contributed by atoms with van der Waals surface area (Å²) in [5.41, 5.74) is 10.3. The molecule has 0 fully saturated rings. The highest BCUT2D eigenvalue weighted by atomic mass is 19.1. The molecule has 1 heterocycles.